The second kappa shape index (κ2) is 8.67. The summed E-state index contributed by atoms with van der Waals surface area (Å²) in [5.74, 6) is 0.438. The van der Waals surface area contributed by atoms with Gasteiger partial charge < -0.3 is 24.8 Å². The van der Waals surface area contributed by atoms with Gasteiger partial charge in [-0.05, 0) is 43.4 Å². The van der Waals surface area contributed by atoms with Gasteiger partial charge in [-0.15, -0.1) is 0 Å². The van der Waals surface area contributed by atoms with Crippen LogP contribution in [0, 0.1) is 0 Å². The van der Waals surface area contributed by atoms with E-state index in [1.165, 1.54) is 5.57 Å². The van der Waals surface area contributed by atoms with E-state index >= 15 is 0 Å². The third-order valence-electron chi connectivity index (χ3n) is 4.67. The predicted molar refractivity (Wildman–Crippen MR) is 98.9 cm³/mol. The minimum Gasteiger partial charge on any atom is -0.410 e. The number of rotatable bonds is 6. The molecular formula is C17H27BN4O3. The zero-order valence-corrected chi connectivity index (χ0v) is 15.0. The molecule has 8 heteroatoms. The highest BCUT2D eigenvalue weighted by molar-refractivity contribution is 6.62. The number of pyridine rings is 1. The SMILES string of the molecule is CCOB(OC)c1cc(C2=CN(C3CCCOCC3)NC2)cnc1N. The maximum atomic E-state index is 6.03. The summed E-state index contributed by atoms with van der Waals surface area (Å²) in [6.07, 6.45) is 7.26. The quantitative estimate of drug-likeness (QED) is 0.737. The number of nitrogens with one attached hydrogen (secondary N) is 1. The molecule has 0 spiro atoms. The number of anilines is 1. The molecule has 0 radical (unpaired) electrons. The molecule has 1 saturated heterocycles. The van der Waals surface area contributed by atoms with Crippen LogP contribution in [-0.4, -0.2) is 56.6 Å². The molecule has 2 aliphatic heterocycles. The molecule has 3 heterocycles. The molecule has 0 aromatic carbocycles. The van der Waals surface area contributed by atoms with E-state index in [9.17, 15) is 0 Å². The number of hydrogen-bond donors (Lipinski definition) is 2. The van der Waals surface area contributed by atoms with Gasteiger partial charge in [-0.1, -0.05) is 0 Å². The average molecular weight is 346 g/mol. The average Bonchev–Trinajstić information content (AvgIpc) is 2.96. The van der Waals surface area contributed by atoms with E-state index in [1.54, 1.807) is 7.11 Å². The van der Waals surface area contributed by atoms with Crippen molar-refractivity contribution in [2.45, 2.75) is 32.2 Å². The summed E-state index contributed by atoms with van der Waals surface area (Å²) in [6, 6.07) is 2.48. The molecule has 1 atom stereocenters. The van der Waals surface area contributed by atoms with Crippen LogP contribution in [0.2, 0.25) is 0 Å². The van der Waals surface area contributed by atoms with Crippen LogP contribution in [-0.2, 0) is 14.0 Å². The van der Waals surface area contributed by atoms with Crippen molar-refractivity contribution in [3.05, 3.63) is 24.0 Å². The number of nitrogens with two attached hydrogens (primary N) is 1. The number of hydrazine groups is 1. The lowest BCUT2D eigenvalue weighted by atomic mass is 9.78. The number of ether oxygens (including phenoxy) is 1. The zero-order chi connectivity index (χ0) is 17.6. The molecule has 0 aliphatic carbocycles. The highest BCUT2D eigenvalue weighted by atomic mass is 16.6. The van der Waals surface area contributed by atoms with Crippen molar-refractivity contribution in [2.24, 2.45) is 0 Å². The van der Waals surface area contributed by atoms with Crippen molar-refractivity contribution in [2.75, 3.05) is 39.2 Å². The maximum Gasteiger partial charge on any atom is 0.497 e. The van der Waals surface area contributed by atoms with E-state index in [2.05, 4.69) is 21.6 Å². The fourth-order valence-electron chi connectivity index (χ4n) is 3.30. The van der Waals surface area contributed by atoms with Gasteiger partial charge in [0.05, 0.1) is 0 Å². The third-order valence-corrected chi connectivity index (χ3v) is 4.67. The molecule has 1 unspecified atom stereocenters. The standard InChI is InChI=1S/C17H27BN4O3/c1-3-25-18(23-2)16-9-13(10-20-17(16)19)14-11-21-22(12-14)15-5-4-7-24-8-6-15/h9-10,12,15,21H,3-8,11H2,1-2H3,(H2,19,20). The predicted octanol–water partition coefficient (Wildman–Crippen LogP) is 0.772. The molecule has 25 heavy (non-hydrogen) atoms. The van der Waals surface area contributed by atoms with E-state index < -0.39 is 7.12 Å². The van der Waals surface area contributed by atoms with Gasteiger partial charge >= 0.3 is 7.12 Å². The fourth-order valence-corrected chi connectivity index (χ4v) is 3.30. The summed E-state index contributed by atoms with van der Waals surface area (Å²) in [5.41, 5.74) is 12.5. The van der Waals surface area contributed by atoms with Crippen molar-refractivity contribution < 1.29 is 14.0 Å². The van der Waals surface area contributed by atoms with Crippen LogP contribution >= 0.6 is 0 Å². The number of aromatic nitrogens is 1. The Labute approximate surface area is 149 Å². The number of nitrogen functional groups attached to an aromatic ring is 1. The van der Waals surface area contributed by atoms with Crippen LogP contribution in [0.25, 0.3) is 5.57 Å². The molecule has 0 amide bonds. The minimum atomic E-state index is -0.498. The summed E-state index contributed by atoms with van der Waals surface area (Å²) in [4.78, 5) is 4.34. The molecule has 1 aromatic heterocycles. The molecule has 7 nitrogen and oxygen atoms in total. The van der Waals surface area contributed by atoms with Crippen LogP contribution in [0.4, 0.5) is 5.82 Å². The van der Waals surface area contributed by atoms with Gasteiger partial charge in [-0.25, -0.2) is 10.4 Å². The van der Waals surface area contributed by atoms with E-state index in [0.29, 0.717) is 18.5 Å². The molecule has 1 fully saturated rings. The fraction of sp³-hybridized carbons (Fsp3) is 0.588. The Balaban J connectivity index is 1.78. The van der Waals surface area contributed by atoms with Crippen LogP contribution in [0.3, 0.4) is 0 Å². The molecule has 136 valence electrons. The van der Waals surface area contributed by atoms with Crippen molar-refractivity contribution in [3.63, 3.8) is 0 Å². The lowest BCUT2D eigenvalue weighted by molar-refractivity contribution is 0.132. The number of nitrogens with zero attached hydrogens (tertiary/aromatic N) is 2. The Bertz CT molecular complexity index is 606. The molecule has 2 aliphatic rings. The van der Waals surface area contributed by atoms with E-state index in [0.717, 1.165) is 50.0 Å². The zero-order valence-electron chi connectivity index (χ0n) is 15.0. The topological polar surface area (TPSA) is 81.9 Å². The van der Waals surface area contributed by atoms with Crippen LogP contribution in [0.1, 0.15) is 31.7 Å². The van der Waals surface area contributed by atoms with Gasteiger partial charge in [0.1, 0.15) is 5.82 Å². The van der Waals surface area contributed by atoms with Gasteiger partial charge in [-0.3, -0.25) is 0 Å². The van der Waals surface area contributed by atoms with Gasteiger partial charge in [0.25, 0.3) is 0 Å². The molecule has 3 N–H and O–H groups in total. The lowest BCUT2D eigenvalue weighted by Crippen LogP contribution is -2.38. The molecule has 0 bridgehead atoms. The largest absolute Gasteiger partial charge is 0.497 e. The van der Waals surface area contributed by atoms with Crippen LogP contribution in [0.15, 0.2) is 18.5 Å². The normalized spacial score (nSPS) is 21.1. The first-order valence-electron chi connectivity index (χ1n) is 8.93. The molecule has 0 saturated carbocycles. The first-order valence-corrected chi connectivity index (χ1v) is 8.93. The Morgan fingerprint density at radius 2 is 2.32 bits per heavy atom. The molecule has 1 aromatic rings. The van der Waals surface area contributed by atoms with Crippen LogP contribution < -0.4 is 16.6 Å². The van der Waals surface area contributed by atoms with Crippen LogP contribution in [0.5, 0.6) is 0 Å². The first kappa shape index (κ1) is 18.2. The Morgan fingerprint density at radius 3 is 3.12 bits per heavy atom. The highest BCUT2D eigenvalue weighted by Crippen LogP contribution is 2.23. The van der Waals surface area contributed by atoms with E-state index in [1.807, 2.05) is 19.2 Å². The molecular weight excluding hydrogens is 319 g/mol. The van der Waals surface area contributed by atoms with Crippen molar-refractivity contribution in [3.8, 4) is 0 Å². The van der Waals surface area contributed by atoms with Gasteiger partial charge in [0.2, 0.25) is 0 Å². The second-order valence-corrected chi connectivity index (χ2v) is 6.32. The summed E-state index contributed by atoms with van der Waals surface area (Å²) in [7, 11) is 1.11. The summed E-state index contributed by atoms with van der Waals surface area (Å²) < 4.78 is 16.6. The number of hydrogen-bond acceptors (Lipinski definition) is 7. The smallest absolute Gasteiger partial charge is 0.410 e. The van der Waals surface area contributed by atoms with Crippen molar-refractivity contribution >= 4 is 24.0 Å². The van der Waals surface area contributed by atoms with E-state index in [4.69, 9.17) is 19.8 Å². The Morgan fingerprint density at radius 1 is 1.44 bits per heavy atom. The second-order valence-electron chi connectivity index (χ2n) is 6.32. The first-order chi connectivity index (χ1) is 12.2. The summed E-state index contributed by atoms with van der Waals surface area (Å²) in [6.45, 7) is 4.93. The summed E-state index contributed by atoms with van der Waals surface area (Å²) >= 11 is 0. The Hall–Kier alpha value is -1.61. The minimum absolute atomic E-state index is 0.438. The van der Waals surface area contributed by atoms with Crippen molar-refractivity contribution in [1.29, 1.82) is 0 Å². The molecule has 3 rings (SSSR count). The van der Waals surface area contributed by atoms with Gasteiger partial charge in [0, 0.05) is 57.4 Å². The van der Waals surface area contributed by atoms with Gasteiger partial charge in [-0.2, -0.15) is 0 Å². The van der Waals surface area contributed by atoms with Gasteiger partial charge in [0.15, 0.2) is 0 Å². The third kappa shape index (κ3) is 4.33. The highest BCUT2D eigenvalue weighted by Gasteiger charge is 2.26. The van der Waals surface area contributed by atoms with Crippen molar-refractivity contribution in [1.82, 2.24) is 15.4 Å². The van der Waals surface area contributed by atoms with E-state index in [-0.39, 0.29) is 0 Å². The lowest BCUT2D eigenvalue weighted by Gasteiger charge is -2.26. The monoisotopic (exact) mass is 346 g/mol. The Kier molecular flexibility index (Phi) is 6.31. The summed E-state index contributed by atoms with van der Waals surface area (Å²) in [5, 5.41) is 2.22. The maximum absolute atomic E-state index is 6.03.